The Hall–Kier alpha value is -6.51. The molecule has 8 rings (SSSR count). The molecule has 2 aromatic carbocycles. The van der Waals surface area contributed by atoms with E-state index in [2.05, 4.69) is 38.5 Å². The molecule has 3 aromatic heterocycles. The lowest BCUT2D eigenvalue weighted by atomic mass is 9.85. The molecule has 1 aliphatic carbocycles. The number of amides is 3. The molecule has 17 heteroatoms. The Morgan fingerprint density at radius 1 is 1.04 bits per heavy atom. The van der Waals surface area contributed by atoms with Crippen molar-refractivity contribution in [2.75, 3.05) is 18.6 Å². The molecule has 1 saturated heterocycles. The van der Waals surface area contributed by atoms with Gasteiger partial charge in [0.25, 0.3) is 0 Å². The highest BCUT2D eigenvalue weighted by atomic mass is 32.1. The SMILES string of the molecule is CC[C@@H]1c2c(C#N)ncn2-c2cnc(Cc3ccc(C(=O)CCC(=O)N[C@H](C(=O)N4C[C@H](O)C[C@H]4C(=O)NCc4ccc(-c5scnc5C)cc4)C(C)(C)C)cc3OC)nc2N1C1CCCC1. The van der Waals surface area contributed by atoms with Crippen LogP contribution in [0.1, 0.15) is 129 Å². The summed E-state index contributed by atoms with van der Waals surface area (Å²) in [6, 6.07) is 13.6. The third-order valence-electron chi connectivity index (χ3n) is 13.2. The van der Waals surface area contributed by atoms with E-state index in [-0.39, 0.29) is 50.2 Å². The van der Waals surface area contributed by atoms with E-state index in [4.69, 9.17) is 14.7 Å². The number of β-amino-alcohol motifs (C(OH)–C–C–N with tert-alkyl or cyclic N) is 1. The number of aromatic nitrogens is 5. The summed E-state index contributed by atoms with van der Waals surface area (Å²) in [5.74, 6) is 0.241. The lowest BCUT2D eigenvalue weighted by Gasteiger charge is -2.42. The van der Waals surface area contributed by atoms with Crippen LogP contribution in [0.4, 0.5) is 5.82 Å². The zero-order valence-corrected chi connectivity index (χ0v) is 39.7. The molecule has 0 radical (unpaired) electrons. The van der Waals surface area contributed by atoms with Crippen LogP contribution in [0.5, 0.6) is 5.75 Å². The third-order valence-corrected chi connectivity index (χ3v) is 14.2. The number of imidazole rings is 1. The largest absolute Gasteiger partial charge is 0.496 e. The number of Topliss-reactive ketones (excluding diaryl/α,β-unsaturated/α-hetero) is 1. The van der Waals surface area contributed by atoms with Crippen LogP contribution in [-0.2, 0) is 27.3 Å². The summed E-state index contributed by atoms with van der Waals surface area (Å²) in [7, 11) is 1.54. The number of carbonyl (C=O) groups excluding carboxylic acids is 4. The number of ether oxygens (including phenoxy) is 1. The van der Waals surface area contributed by atoms with Crippen LogP contribution in [0.3, 0.4) is 0 Å². The number of nitriles is 1. The first-order chi connectivity index (χ1) is 32.2. The molecule has 5 aromatic rings. The van der Waals surface area contributed by atoms with E-state index in [1.54, 1.807) is 36.0 Å². The summed E-state index contributed by atoms with van der Waals surface area (Å²) in [5, 5.41) is 26.3. The van der Waals surface area contributed by atoms with E-state index in [9.17, 15) is 29.5 Å². The van der Waals surface area contributed by atoms with Crippen LogP contribution in [0.2, 0.25) is 0 Å². The normalized spacial score (nSPS) is 18.5. The van der Waals surface area contributed by atoms with E-state index in [1.807, 2.05) is 68.1 Å². The second-order valence-electron chi connectivity index (χ2n) is 18.8. The Balaban J connectivity index is 0.898. The first-order valence-corrected chi connectivity index (χ1v) is 23.9. The van der Waals surface area contributed by atoms with Gasteiger partial charge in [0.1, 0.15) is 41.7 Å². The first-order valence-electron chi connectivity index (χ1n) is 23.1. The Morgan fingerprint density at radius 2 is 1.81 bits per heavy atom. The zero-order chi connectivity index (χ0) is 47.6. The molecule has 350 valence electrons. The number of rotatable bonds is 15. The molecule has 67 heavy (non-hydrogen) atoms. The van der Waals surface area contributed by atoms with Gasteiger partial charge in [0.15, 0.2) is 17.3 Å². The molecule has 2 aliphatic heterocycles. The number of aliphatic hydroxyl groups is 1. The molecular weight excluding hydrogens is 869 g/mol. The second kappa shape index (κ2) is 19.8. The fourth-order valence-electron chi connectivity index (χ4n) is 9.70. The van der Waals surface area contributed by atoms with Crippen LogP contribution in [-0.4, -0.2) is 95.9 Å². The molecule has 3 aliphatic rings. The van der Waals surface area contributed by atoms with Gasteiger partial charge >= 0.3 is 0 Å². The molecule has 5 heterocycles. The molecular formula is C50H58N10O6S. The molecule has 0 unspecified atom stereocenters. The first kappa shape index (κ1) is 47.0. The van der Waals surface area contributed by atoms with Crippen molar-refractivity contribution in [1.29, 1.82) is 5.26 Å². The lowest BCUT2D eigenvalue weighted by molar-refractivity contribution is -0.144. The summed E-state index contributed by atoms with van der Waals surface area (Å²) >= 11 is 1.57. The zero-order valence-electron chi connectivity index (χ0n) is 38.9. The van der Waals surface area contributed by atoms with Crippen molar-refractivity contribution in [2.24, 2.45) is 5.41 Å². The van der Waals surface area contributed by atoms with Crippen molar-refractivity contribution in [3.05, 3.63) is 100 Å². The van der Waals surface area contributed by atoms with Gasteiger partial charge in [0.05, 0.1) is 47.2 Å². The number of methoxy groups -OCH3 is 1. The number of fused-ring (bicyclic) bond motifs is 3. The molecule has 4 atom stereocenters. The predicted octanol–water partition coefficient (Wildman–Crippen LogP) is 6.55. The second-order valence-corrected chi connectivity index (χ2v) is 19.7. The number of anilines is 1. The number of carbonyl (C=O) groups is 4. The molecule has 1 saturated carbocycles. The van der Waals surface area contributed by atoms with Gasteiger partial charge in [-0.2, -0.15) is 5.26 Å². The summed E-state index contributed by atoms with van der Waals surface area (Å²) < 4.78 is 7.72. The maximum atomic E-state index is 14.2. The van der Waals surface area contributed by atoms with Gasteiger partial charge < -0.3 is 30.3 Å². The van der Waals surface area contributed by atoms with Gasteiger partial charge in [-0.3, -0.25) is 23.7 Å². The molecule has 3 N–H and O–H groups in total. The molecule has 16 nitrogen and oxygen atoms in total. The maximum Gasteiger partial charge on any atom is 0.246 e. The van der Waals surface area contributed by atoms with Gasteiger partial charge in [-0.15, -0.1) is 11.3 Å². The van der Waals surface area contributed by atoms with Crippen LogP contribution < -0.4 is 20.3 Å². The van der Waals surface area contributed by atoms with Gasteiger partial charge in [0.2, 0.25) is 17.7 Å². The quantitative estimate of drug-likeness (QED) is 0.0956. The third kappa shape index (κ3) is 9.82. The van der Waals surface area contributed by atoms with Crippen molar-refractivity contribution < 1.29 is 29.0 Å². The highest BCUT2D eigenvalue weighted by molar-refractivity contribution is 7.13. The molecule has 0 bridgehead atoms. The number of nitrogens with zero attached hydrogens (tertiary/aromatic N) is 8. The molecule has 2 fully saturated rings. The number of nitrogens with one attached hydrogen (secondary N) is 2. The standard InChI is InChI=1S/C50H58N10O6S/c1-7-37-44-36(23-51)54-27-59(44)39-25-52-42(56-47(39)60(37)34-10-8-9-11-34)21-33-17-16-32(20-41(33)66-6)40(62)18-19-43(63)57-46(50(3,4)5)49(65)58-26-35(61)22-38(58)48(64)53-24-30-12-14-31(15-13-30)45-29(2)55-28-67-45/h12-17,20,25,27-28,34-35,37-38,46,61H,7-11,18-19,21-22,24,26H2,1-6H3,(H,53,64)(H,57,63)/t35-,37-,38+,46-/m1/s1. The van der Waals surface area contributed by atoms with Gasteiger partial charge in [-0.1, -0.05) is 76.9 Å². The highest BCUT2D eigenvalue weighted by Gasteiger charge is 2.45. The van der Waals surface area contributed by atoms with Gasteiger partial charge in [0, 0.05) is 55.9 Å². The van der Waals surface area contributed by atoms with E-state index >= 15 is 0 Å². The Kier molecular flexibility index (Phi) is 13.9. The number of likely N-dealkylation sites (tertiary alicyclic amines) is 1. The average molecular weight is 927 g/mol. The minimum atomic E-state index is -1.03. The van der Waals surface area contributed by atoms with Crippen LogP contribution in [0, 0.1) is 23.7 Å². The summed E-state index contributed by atoms with van der Waals surface area (Å²) in [6.07, 6.45) is 7.83. The average Bonchev–Trinajstić information content (AvgIpc) is 4.16. The van der Waals surface area contributed by atoms with E-state index in [0.29, 0.717) is 29.3 Å². The van der Waals surface area contributed by atoms with Crippen LogP contribution in [0.15, 0.2) is 60.5 Å². The lowest BCUT2D eigenvalue weighted by Crippen LogP contribution is -2.57. The predicted molar refractivity (Wildman–Crippen MR) is 253 cm³/mol. The number of benzene rings is 2. The van der Waals surface area contributed by atoms with Crippen molar-refractivity contribution in [1.82, 2.24) is 40.0 Å². The van der Waals surface area contributed by atoms with Crippen LogP contribution >= 0.6 is 11.3 Å². The summed E-state index contributed by atoms with van der Waals surface area (Å²) in [5.41, 5.74) is 7.15. The van der Waals surface area contributed by atoms with Crippen molar-refractivity contribution in [3.8, 4) is 27.9 Å². The van der Waals surface area contributed by atoms with Crippen molar-refractivity contribution in [2.45, 2.75) is 129 Å². The fourth-order valence-corrected chi connectivity index (χ4v) is 10.5. The fraction of sp³-hybridized carbons (Fsp3) is 0.460. The number of aryl methyl sites for hydroxylation is 1. The summed E-state index contributed by atoms with van der Waals surface area (Å²) in [6.45, 7) is 9.72. The van der Waals surface area contributed by atoms with E-state index in [1.165, 1.54) is 12.0 Å². The van der Waals surface area contributed by atoms with Crippen LogP contribution in [0.25, 0.3) is 16.1 Å². The minimum Gasteiger partial charge on any atom is -0.496 e. The Bertz CT molecular complexity index is 2700. The number of hydrogen-bond acceptors (Lipinski definition) is 13. The Labute approximate surface area is 394 Å². The van der Waals surface area contributed by atoms with Crippen molar-refractivity contribution in [3.63, 3.8) is 0 Å². The molecule has 0 spiro atoms. The summed E-state index contributed by atoms with van der Waals surface area (Å²) in [4.78, 5) is 78.2. The van der Waals surface area contributed by atoms with Gasteiger partial charge in [-0.05, 0) is 48.8 Å². The topological polar surface area (TPSA) is 209 Å². The number of aliphatic hydroxyl groups excluding tert-OH is 1. The Morgan fingerprint density at radius 3 is 2.48 bits per heavy atom. The highest BCUT2D eigenvalue weighted by Crippen LogP contribution is 2.44. The van der Waals surface area contributed by atoms with E-state index in [0.717, 1.165) is 76.6 Å². The van der Waals surface area contributed by atoms with E-state index < -0.39 is 41.3 Å². The number of hydrogen-bond donors (Lipinski definition) is 3. The number of thiazole rings is 1. The van der Waals surface area contributed by atoms with Crippen molar-refractivity contribution >= 4 is 40.7 Å². The molecule has 3 amide bonds. The monoisotopic (exact) mass is 926 g/mol. The maximum absolute atomic E-state index is 14.2. The number of ketones is 1. The van der Waals surface area contributed by atoms with Gasteiger partial charge in [-0.25, -0.2) is 19.9 Å². The smallest absolute Gasteiger partial charge is 0.246 e. The minimum absolute atomic E-state index is 0.0497.